The number of nitrogen functional groups attached to an aromatic ring is 1. The molecule has 2 aliphatic heterocycles. The van der Waals surface area contributed by atoms with Crippen molar-refractivity contribution >= 4 is 44.6 Å². The molecule has 6 nitrogen and oxygen atoms in total. The SMILES string of the molecule is C/C=C(/F)c1sc(N)c(C#N)c1/C(=C(\C)CC)c1c2c(c3cnc(N4CC[C@H](C)[C@@H]4C)nc3c1F)COC2. The highest BCUT2D eigenvalue weighted by atomic mass is 32.1. The van der Waals surface area contributed by atoms with Crippen molar-refractivity contribution < 1.29 is 13.5 Å². The number of benzene rings is 1. The third-order valence-electron chi connectivity index (χ3n) is 8.06. The summed E-state index contributed by atoms with van der Waals surface area (Å²) in [4.78, 5) is 11.7. The normalized spacial score (nSPS) is 20.2. The molecule has 0 saturated carbocycles. The van der Waals surface area contributed by atoms with Gasteiger partial charge in [0.25, 0.3) is 0 Å². The molecule has 4 heterocycles. The molecule has 2 atom stereocenters. The summed E-state index contributed by atoms with van der Waals surface area (Å²) in [5.74, 6) is -0.0428. The van der Waals surface area contributed by atoms with E-state index in [9.17, 15) is 5.26 Å². The highest BCUT2D eigenvalue weighted by Gasteiger charge is 2.34. The number of hydrogen-bond acceptors (Lipinski definition) is 7. The van der Waals surface area contributed by atoms with Crippen molar-refractivity contribution in [3.63, 3.8) is 0 Å². The molecule has 2 aromatic heterocycles. The summed E-state index contributed by atoms with van der Waals surface area (Å²) in [6.45, 7) is 11.0. The Labute approximate surface area is 225 Å². The molecule has 1 fully saturated rings. The van der Waals surface area contributed by atoms with Crippen LogP contribution in [0.4, 0.5) is 19.7 Å². The van der Waals surface area contributed by atoms with Gasteiger partial charge in [0, 0.05) is 35.3 Å². The fraction of sp³-hybridized carbons (Fsp3) is 0.414. The van der Waals surface area contributed by atoms with Crippen LogP contribution in [-0.2, 0) is 18.0 Å². The fourth-order valence-electron chi connectivity index (χ4n) is 5.51. The van der Waals surface area contributed by atoms with E-state index in [2.05, 4.69) is 29.8 Å². The van der Waals surface area contributed by atoms with Crippen LogP contribution in [0.1, 0.15) is 80.2 Å². The molecule has 0 bridgehead atoms. The Morgan fingerprint density at radius 3 is 2.68 bits per heavy atom. The molecule has 1 aromatic carbocycles. The van der Waals surface area contributed by atoms with Crippen molar-refractivity contribution in [2.45, 2.75) is 66.7 Å². The number of nitrogens with zero attached hydrogens (tertiary/aromatic N) is 4. The van der Waals surface area contributed by atoms with E-state index >= 15 is 8.78 Å². The zero-order valence-corrected chi connectivity index (χ0v) is 23.1. The number of fused-ring (bicyclic) bond motifs is 3. The molecule has 0 amide bonds. The predicted molar refractivity (Wildman–Crippen MR) is 149 cm³/mol. The van der Waals surface area contributed by atoms with Gasteiger partial charge in [0.15, 0.2) is 5.82 Å². The minimum Gasteiger partial charge on any atom is -0.389 e. The van der Waals surface area contributed by atoms with Gasteiger partial charge < -0.3 is 15.4 Å². The molecule has 3 aromatic rings. The number of nitriles is 1. The summed E-state index contributed by atoms with van der Waals surface area (Å²) < 4.78 is 37.8. The summed E-state index contributed by atoms with van der Waals surface area (Å²) in [5.41, 5.74) is 9.97. The van der Waals surface area contributed by atoms with Gasteiger partial charge in [-0.25, -0.2) is 18.7 Å². The Kier molecular flexibility index (Phi) is 6.97. The van der Waals surface area contributed by atoms with Gasteiger partial charge in [-0.1, -0.05) is 25.5 Å². The molecule has 0 aliphatic carbocycles. The number of aromatic nitrogens is 2. The van der Waals surface area contributed by atoms with Gasteiger partial charge in [-0.05, 0) is 56.2 Å². The quantitative estimate of drug-likeness (QED) is 0.375. The van der Waals surface area contributed by atoms with Crippen LogP contribution in [0.25, 0.3) is 22.3 Å². The Hall–Kier alpha value is -3.35. The Morgan fingerprint density at radius 2 is 2.05 bits per heavy atom. The second-order valence-corrected chi connectivity index (χ2v) is 11.1. The maximum absolute atomic E-state index is 16.8. The van der Waals surface area contributed by atoms with E-state index in [0.717, 1.165) is 35.4 Å². The van der Waals surface area contributed by atoms with Crippen LogP contribution in [0.5, 0.6) is 0 Å². The first kappa shape index (κ1) is 26.3. The van der Waals surface area contributed by atoms with Crippen LogP contribution in [0, 0.1) is 23.1 Å². The number of nitrogens with two attached hydrogens (primary N) is 1. The van der Waals surface area contributed by atoms with Crippen LogP contribution >= 0.6 is 11.3 Å². The van der Waals surface area contributed by atoms with E-state index in [1.54, 1.807) is 13.1 Å². The molecule has 0 spiro atoms. The number of hydrogen-bond donors (Lipinski definition) is 1. The molecule has 38 heavy (non-hydrogen) atoms. The molecule has 9 heteroatoms. The maximum atomic E-state index is 16.8. The Balaban J connectivity index is 1.85. The predicted octanol–water partition coefficient (Wildman–Crippen LogP) is 7.11. The van der Waals surface area contributed by atoms with Crippen LogP contribution in [-0.4, -0.2) is 22.6 Å². The molecular weight excluding hydrogens is 504 g/mol. The lowest BCUT2D eigenvalue weighted by Crippen LogP contribution is -2.30. The topological polar surface area (TPSA) is 88.1 Å². The highest BCUT2D eigenvalue weighted by Crippen LogP contribution is 2.47. The second kappa shape index (κ2) is 10.1. The van der Waals surface area contributed by atoms with Gasteiger partial charge in [0.05, 0.1) is 23.7 Å². The lowest BCUT2D eigenvalue weighted by atomic mass is 9.85. The summed E-state index contributed by atoms with van der Waals surface area (Å²) in [6, 6.07) is 2.38. The number of rotatable bonds is 5. The largest absolute Gasteiger partial charge is 0.389 e. The maximum Gasteiger partial charge on any atom is 0.226 e. The van der Waals surface area contributed by atoms with Gasteiger partial charge in [0.2, 0.25) is 5.95 Å². The van der Waals surface area contributed by atoms with Crippen LogP contribution in [0.2, 0.25) is 0 Å². The van der Waals surface area contributed by atoms with Gasteiger partial charge in [0.1, 0.15) is 22.4 Å². The van der Waals surface area contributed by atoms with Gasteiger partial charge in [-0.2, -0.15) is 5.26 Å². The number of ether oxygens (including phenoxy) is 1. The lowest BCUT2D eigenvalue weighted by molar-refractivity contribution is 0.134. The second-order valence-electron chi connectivity index (χ2n) is 10.1. The van der Waals surface area contributed by atoms with Crippen molar-refractivity contribution in [2.75, 3.05) is 17.2 Å². The molecule has 198 valence electrons. The van der Waals surface area contributed by atoms with Crippen LogP contribution < -0.4 is 10.6 Å². The summed E-state index contributed by atoms with van der Waals surface area (Å²) in [6.07, 6.45) is 4.61. The Morgan fingerprint density at radius 1 is 1.32 bits per heavy atom. The van der Waals surface area contributed by atoms with Crippen molar-refractivity contribution in [1.82, 2.24) is 9.97 Å². The van der Waals surface area contributed by atoms with Crippen LogP contribution in [0.15, 0.2) is 17.8 Å². The minimum atomic E-state index is -0.518. The number of thiophene rings is 1. The van der Waals surface area contributed by atoms with Crippen molar-refractivity contribution in [3.05, 3.63) is 56.4 Å². The first-order valence-corrected chi connectivity index (χ1v) is 13.7. The fourth-order valence-corrected chi connectivity index (χ4v) is 6.50. The first-order chi connectivity index (χ1) is 18.2. The third kappa shape index (κ3) is 3.98. The molecule has 2 aliphatic rings. The van der Waals surface area contributed by atoms with E-state index in [0.29, 0.717) is 52.5 Å². The Bertz CT molecular complexity index is 1550. The molecule has 0 radical (unpaired) electrons. The first-order valence-electron chi connectivity index (χ1n) is 12.9. The number of allylic oxidation sites excluding steroid dienone is 2. The van der Waals surface area contributed by atoms with Crippen molar-refractivity contribution in [1.29, 1.82) is 5.26 Å². The van der Waals surface area contributed by atoms with Crippen LogP contribution in [0.3, 0.4) is 0 Å². The van der Waals surface area contributed by atoms with E-state index < -0.39 is 11.6 Å². The summed E-state index contributed by atoms with van der Waals surface area (Å²) in [5, 5.41) is 10.8. The minimum absolute atomic E-state index is 0.153. The zero-order valence-electron chi connectivity index (χ0n) is 22.3. The van der Waals surface area contributed by atoms with E-state index in [1.807, 2.05) is 13.8 Å². The van der Waals surface area contributed by atoms with E-state index in [-0.39, 0.29) is 33.6 Å². The van der Waals surface area contributed by atoms with Gasteiger partial charge >= 0.3 is 0 Å². The third-order valence-corrected chi connectivity index (χ3v) is 9.09. The molecule has 5 rings (SSSR count). The van der Waals surface area contributed by atoms with Gasteiger partial charge in [-0.15, -0.1) is 11.3 Å². The monoisotopic (exact) mass is 535 g/mol. The number of halogens is 2. The number of anilines is 2. The summed E-state index contributed by atoms with van der Waals surface area (Å²) in [7, 11) is 0. The van der Waals surface area contributed by atoms with Crippen molar-refractivity contribution in [3.8, 4) is 6.07 Å². The standard InChI is InChI=1S/C29H31F2N5OS/c1-6-14(3)22(24-17(10-32)28(33)38-27(24)21(30)7-2)23-20-13-37-12-19(20)18-11-34-29(35-26(18)25(23)31)36-9-8-15(4)16(36)5/h7,11,15-16H,6,8-9,12-13,33H2,1-5H3/b21-7+,22-14+/t15-,16-/m0/s1. The molecule has 2 N–H and O–H groups in total. The molecular formula is C29H31F2N5OS. The zero-order chi connectivity index (χ0) is 27.3. The summed E-state index contributed by atoms with van der Waals surface area (Å²) >= 11 is 1.00. The average Bonchev–Trinajstić information content (AvgIpc) is 3.62. The van der Waals surface area contributed by atoms with E-state index in [4.69, 9.17) is 15.5 Å². The van der Waals surface area contributed by atoms with Crippen molar-refractivity contribution in [2.24, 2.45) is 5.92 Å². The smallest absolute Gasteiger partial charge is 0.226 e. The lowest BCUT2D eigenvalue weighted by Gasteiger charge is -2.24. The van der Waals surface area contributed by atoms with Gasteiger partial charge in [-0.3, -0.25) is 0 Å². The molecule has 0 unspecified atom stereocenters. The highest BCUT2D eigenvalue weighted by molar-refractivity contribution is 7.17. The van der Waals surface area contributed by atoms with E-state index in [1.165, 1.54) is 6.08 Å². The molecule has 1 saturated heterocycles. The average molecular weight is 536 g/mol.